The molecule has 0 fully saturated rings. The Labute approximate surface area is 160 Å². The number of hydrogen-bond donors (Lipinski definition) is 0. The van der Waals surface area contributed by atoms with E-state index >= 15 is 0 Å². The van der Waals surface area contributed by atoms with Crippen LogP contribution in [0.1, 0.15) is 79.6 Å². The van der Waals surface area contributed by atoms with Gasteiger partial charge in [0, 0.05) is 37.7 Å². The van der Waals surface area contributed by atoms with Gasteiger partial charge in [-0.2, -0.15) is 0 Å². The van der Waals surface area contributed by atoms with Crippen LogP contribution in [0.15, 0.2) is 12.2 Å². The van der Waals surface area contributed by atoms with Crippen LogP contribution in [0, 0.1) is 5.92 Å². The van der Waals surface area contributed by atoms with Crippen LogP contribution < -0.4 is 0 Å². The molecule has 1 atom stereocenters. The standard InChI is InChI=1S/C21H40O5/c1-7-11-12-13-14-15-19(17-23-20(22)18(5)6)16-21(24-8-2,25-9-3)26-10-4/h19H,5,7-17H2,1-4,6H3. The van der Waals surface area contributed by atoms with Crippen LogP contribution in [-0.2, 0) is 23.7 Å². The monoisotopic (exact) mass is 372 g/mol. The van der Waals surface area contributed by atoms with Gasteiger partial charge in [-0.25, -0.2) is 4.79 Å². The first-order chi connectivity index (χ1) is 12.4. The maximum Gasteiger partial charge on any atom is 0.333 e. The second-order valence-corrected chi connectivity index (χ2v) is 6.63. The molecule has 0 saturated carbocycles. The van der Waals surface area contributed by atoms with E-state index in [0.717, 1.165) is 12.8 Å². The second-order valence-electron chi connectivity index (χ2n) is 6.63. The smallest absolute Gasteiger partial charge is 0.333 e. The number of ether oxygens (including phenoxy) is 4. The zero-order chi connectivity index (χ0) is 19.8. The molecule has 26 heavy (non-hydrogen) atoms. The molecule has 0 aromatic rings. The van der Waals surface area contributed by atoms with Crippen LogP contribution in [-0.4, -0.2) is 38.4 Å². The predicted molar refractivity (Wildman–Crippen MR) is 105 cm³/mol. The molecule has 1 unspecified atom stereocenters. The van der Waals surface area contributed by atoms with E-state index < -0.39 is 5.97 Å². The molecule has 0 aliphatic carbocycles. The number of hydrogen-bond acceptors (Lipinski definition) is 5. The van der Waals surface area contributed by atoms with Crippen molar-refractivity contribution in [3.63, 3.8) is 0 Å². The number of carbonyl (C=O) groups is 1. The van der Waals surface area contributed by atoms with Crippen molar-refractivity contribution in [2.75, 3.05) is 26.4 Å². The van der Waals surface area contributed by atoms with E-state index in [9.17, 15) is 4.79 Å². The largest absolute Gasteiger partial charge is 0.462 e. The third-order valence-corrected chi connectivity index (χ3v) is 4.15. The van der Waals surface area contributed by atoms with Crippen molar-refractivity contribution in [3.05, 3.63) is 12.2 Å². The summed E-state index contributed by atoms with van der Waals surface area (Å²) in [6, 6.07) is 0. The second kappa shape index (κ2) is 15.2. The highest BCUT2D eigenvalue weighted by atomic mass is 16.9. The molecular formula is C21H40O5. The van der Waals surface area contributed by atoms with Gasteiger partial charge in [0.1, 0.15) is 0 Å². The van der Waals surface area contributed by atoms with Gasteiger partial charge < -0.3 is 18.9 Å². The molecule has 0 saturated heterocycles. The third-order valence-electron chi connectivity index (χ3n) is 4.15. The van der Waals surface area contributed by atoms with Crippen molar-refractivity contribution < 1.29 is 23.7 Å². The van der Waals surface area contributed by atoms with Crippen molar-refractivity contribution in [2.24, 2.45) is 5.92 Å². The third kappa shape index (κ3) is 10.9. The van der Waals surface area contributed by atoms with Crippen LogP contribution in [0.2, 0.25) is 0 Å². The quantitative estimate of drug-likeness (QED) is 0.151. The fourth-order valence-corrected chi connectivity index (χ4v) is 2.91. The maximum absolute atomic E-state index is 11.8. The Morgan fingerprint density at radius 2 is 1.46 bits per heavy atom. The van der Waals surface area contributed by atoms with E-state index in [4.69, 9.17) is 18.9 Å². The fraction of sp³-hybridized carbons (Fsp3) is 0.857. The van der Waals surface area contributed by atoms with Crippen molar-refractivity contribution in [1.82, 2.24) is 0 Å². The molecule has 0 aromatic heterocycles. The van der Waals surface area contributed by atoms with Crippen molar-refractivity contribution in [3.8, 4) is 0 Å². The van der Waals surface area contributed by atoms with Gasteiger partial charge >= 0.3 is 5.97 Å². The molecule has 0 aliphatic rings. The molecule has 5 heteroatoms. The Morgan fingerprint density at radius 1 is 0.923 bits per heavy atom. The molecule has 0 heterocycles. The van der Waals surface area contributed by atoms with Gasteiger partial charge in [0.15, 0.2) is 0 Å². The summed E-state index contributed by atoms with van der Waals surface area (Å²) in [5, 5.41) is 0. The Balaban J connectivity index is 4.93. The average molecular weight is 373 g/mol. The normalized spacial score (nSPS) is 12.8. The summed E-state index contributed by atoms with van der Waals surface area (Å²) in [5.74, 6) is -1.30. The first-order valence-corrected chi connectivity index (χ1v) is 10.2. The Morgan fingerprint density at radius 3 is 1.92 bits per heavy atom. The van der Waals surface area contributed by atoms with Gasteiger partial charge in [0.05, 0.1) is 6.61 Å². The molecule has 0 rings (SSSR count). The van der Waals surface area contributed by atoms with E-state index in [-0.39, 0.29) is 11.9 Å². The van der Waals surface area contributed by atoms with E-state index in [2.05, 4.69) is 13.5 Å². The van der Waals surface area contributed by atoms with Gasteiger partial charge in [-0.1, -0.05) is 45.6 Å². The molecule has 154 valence electrons. The van der Waals surface area contributed by atoms with Crippen LogP contribution >= 0.6 is 0 Å². The van der Waals surface area contributed by atoms with E-state index in [1.54, 1.807) is 6.92 Å². The lowest BCUT2D eigenvalue weighted by molar-refractivity contribution is -0.384. The topological polar surface area (TPSA) is 54.0 Å². The van der Waals surface area contributed by atoms with E-state index in [1.165, 1.54) is 25.7 Å². The SMILES string of the molecule is C=C(C)C(=O)OCC(CCCCCCC)CC(OCC)(OCC)OCC. The summed E-state index contributed by atoms with van der Waals surface area (Å²) < 4.78 is 22.9. The molecule has 0 aliphatic heterocycles. The highest BCUT2D eigenvalue weighted by molar-refractivity contribution is 5.86. The highest BCUT2D eigenvalue weighted by Crippen LogP contribution is 2.29. The van der Waals surface area contributed by atoms with E-state index in [1.807, 2.05) is 20.8 Å². The summed E-state index contributed by atoms with van der Waals surface area (Å²) in [6.07, 6.45) is 7.49. The lowest BCUT2D eigenvalue weighted by Gasteiger charge is -2.35. The summed E-state index contributed by atoms with van der Waals surface area (Å²) in [7, 11) is 0. The van der Waals surface area contributed by atoms with Gasteiger partial charge in [-0.15, -0.1) is 0 Å². The Hall–Kier alpha value is -0.910. The molecule has 0 N–H and O–H groups in total. The highest BCUT2D eigenvalue weighted by Gasteiger charge is 2.36. The molecule has 0 amide bonds. The number of carbonyl (C=O) groups excluding carboxylic acids is 1. The predicted octanol–water partition coefficient (Wildman–Crippen LogP) is 5.24. The van der Waals surface area contributed by atoms with Crippen molar-refractivity contribution >= 4 is 5.97 Å². The summed E-state index contributed by atoms with van der Waals surface area (Å²) >= 11 is 0. The minimum Gasteiger partial charge on any atom is -0.462 e. The zero-order valence-electron chi connectivity index (χ0n) is 17.6. The van der Waals surface area contributed by atoms with Gasteiger partial charge in [-0.3, -0.25) is 0 Å². The van der Waals surface area contributed by atoms with Crippen LogP contribution in [0.5, 0.6) is 0 Å². The summed E-state index contributed by atoms with van der Waals surface area (Å²) in [5.41, 5.74) is 0.414. The van der Waals surface area contributed by atoms with E-state index in [0.29, 0.717) is 38.4 Å². The lowest BCUT2D eigenvalue weighted by Crippen LogP contribution is -2.42. The number of unbranched alkanes of at least 4 members (excludes halogenated alkanes) is 4. The first kappa shape index (κ1) is 25.1. The minimum absolute atomic E-state index is 0.115. The maximum atomic E-state index is 11.8. The minimum atomic E-state index is -1.07. The number of esters is 1. The summed E-state index contributed by atoms with van der Waals surface area (Å²) in [4.78, 5) is 11.8. The molecule has 0 bridgehead atoms. The van der Waals surface area contributed by atoms with Gasteiger partial charge in [0.25, 0.3) is 5.97 Å². The fourth-order valence-electron chi connectivity index (χ4n) is 2.91. The zero-order valence-corrected chi connectivity index (χ0v) is 17.6. The van der Waals surface area contributed by atoms with Crippen LogP contribution in [0.4, 0.5) is 0 Å². The van der Waals surface area contributed by atoms with Crippen LogP contribution in [0.3, 0.4) is 0 Å². The molecule has 0 spiro atoms. The van der Waals surface area contributed by atoms with Crippen molar-refractivity contribution in [1.29, 1.82) is 0 Å². The van der Waals surface area contributed by atoms with Crippen molar-refractivity contribution in [2.45, 2.75) is 85.5 Å². The molecule has 5 nitrogen and oxygen atoms in total. The summed E-state index contributed by atoms with van der Waals surface area (Å²) in [6.45, 7) is 15.1. The van der Waals surface area contributed by atoms with Gasteiger partial charge in [0.2, 0.25) is 0 Å². The number of rotatable bonds is 17. The van der Waals surface area contributed by atoms with Crippen LogP contribution in [0.25, 0.3) is 0 Å². The van der Waals surface area contributed by atoms with Gasteiger partial charge in [-0.05, 0) is 34.1 Å². The first-order valence-electron chi connectivity index (χ1n) is 10.2. The Kier molecular flexibility index (Phi) is 14.6. The molecule has 0 radical (unpaired) electrons. The lowest BCUT2D eigenvalue weighted by atomic mass is 9.96. The molecule has 0 aromatic carbocycles. The molecular weight excluding hydrogens is 332 g/mol. The Bertz CT molecular complexity index is 364. The average Bonchev–Trinajstić information content (AvgIpc) is 2.59.